The zero-order chi connectivity index (χ0) is 22.9. The number of nitrogens with two attached hydrogens (primary N) is 1. The third-order valence-corrected chi connectivity index (χ3v) is 5.94. The van der Waals surface area contributed by atoms with Crippen molar-refractivity contribution in [3.8, 4) is 11.1 Å². The van der Waals surface area contributed by atoms with E-state index in [1.54, 1.807) is 48.5 Å². The normalized spacial score (nSPS) is 14.8. The minimum absolute atomic E-state index is 0.000578. The number of imide groups is 1. The number of sulfonamides is 1. The Hall–Kier alpha value is -3.82. The van der Waals surface area contributed by atoms with Gasteiger partial charge in [0.2, 0.25) is 10.0 Å². The summed E-state index contributed by atoms with van der Waals surface area (Å²) < 4.78 is 36.9. The Kier molecular flexibility index (Phi) is 5.60. The van der Waals surface area contributed by atoms with Crippen LogP contribution in [0.25, 0.3) is 16.7 Å². The molecule has 1 aliphatic heterocycles. The zero-order valence-electron chi connectivity index (χ0n) is 16.6. The maximum atomic E-state index is 14.2. The van der Waals surface area contributed by atoms with Crippen LogP contribution in [0, 0.1) is 5.82 Å². The molecule has 0 saturated carbocycles. The van der Waals surface area contributed by atoms with Gasteiger partial charge >= 0.3 is 0 Å². The van der Waals surface area contributed by atoms with Gasteiger partial charge in [0.05, 0.1) is 10.5 Å². The fraction of sp³-hybridized carbons (Fsp3) is 0.0435. The molecule has 0 atom stereocenters. The number of benzene rings is 3. The van der Waals surface area contributed by atoms with Crippen LogP contribution in [0.3, 0.4) is 0 Å². The van der Waals surface area contributed by atoms with Crippen LogP contribution in [0.1, 0.15) is 21.5 Å². The van der Waals surface area contributed by atoms with Gasteiger partial charge < -0.3 is 5.32 Å². The number of carbonyl (C=O) groups excluding carboxylic acids is 2. The summed E-state index contributed by atoms with van der Waals surface area (Å²) in [6, 6.07) is 17.0. The van der Waals surface area contributed by atoms with Gasteiger partial charge in [0.25, 0.3) is 11.8 Å². The van der Waals surface area contributed by atoms with Crippen molar-refractivity contribution in [2.24, 2.45) is 5.14 Å². The number of nitrogens with one attached hydrogen (secondary N) is 2. The van der Waals surface area contributed by atoms with Crippen molar-refractivity contribution in [2.75, 3.05) is 0 Å². The van der Waals surface area contributed by atoms with E-state index < -0.39 is 27.7 Å². The molecule has 1 heterocycles. The first-order valence-electron chi connectivity index (χ1n) is 9.54. The number of halogens is 1. The van der Waals surface area contributed by atoms with Gasteiger partial charge in [-0.1, -0.05) is 36.4 Å². The predicted octanol–water partition coefficient (Wildman–Crippen LogP) is 2.54. The first kappa shape index (κ1) is 21.4. The van der Waals surface area contributed by atoms with Gasteiger partial charge in [-0.05, 0) is 41.5 Å². The summed E-state index contributed by atoms with van der Waals surface area (Å²) >= 11 is 0. The largest absolute Gasteiger partial charge is 0.386 e. The molecular formula is C23H18FN3O4S. The quantitative estimate of drug-likeness (QED) is 0.407. The molecule has 0 fully saturated rings. The van der Waals surface area contributed by atoms with Crippen molar-refractivity contribution >= 4 is 27.4 Å². The molecule has 3 aromatic carbocycles. The lowest BCUT2D eigenvalue weighted by molar-refractivity contribution is -0.114. The summed E-state index contributed by atoms with van der Waals surface area (Å²) in [7, 11) is -3.78. The number of hydrogen-bond donors (Lipinski definition) is 3. The Morgan fingerprint density at radius 2 is 1.62 bits per heavy atom. The molecule has 0 spiro atoms. The Morgan fingerprint density at radius 1 is 0.906 bits per heavy atom. The topological polar surface area (TPSA) is 118 Å². The van der Waals surface area contributed by atoms with Crippen LogP contribution >= 0.6 is 0 Å². The summed E-state index contributed by atoms with van der Waals surface area (Å²) in [5.41, 5.74) is 2.55. The van der Waals surface area contributed by atoms with Crippen LogP contribution in [-0.2, 0) is 21.4 Å². The first-order valence-corrected chi connectivity index (χ1v) is 11.1. The average Bonchev–Trinajstić information content (AvgIpc) is 2.75. The van der Waals surface area contributed by atoms with Crippen molar-refractivity contribution in [3.63, 3.8) is 0 Å². The molecule has 4 N–H and O–H groups in total. The van der Waals surface area contributed by atoms with E-state index in [4.69, 9.17) is 5.14 Å². The van der Waals surface area contributed by atoms with E-state index in [9.17, 15) is 22.4 Å². The fourth-order valence-electron chi connectivity index (χ4n) is 3.40. The van der Waals surface area contributed by atoms with Crippen LogP contribution < -0.4 is 15.8 Å². The molecule has 0 bridgehead atoms. The van der Waals surface area contributed by atoms with Crippen molar-refractivity contribution in [2.45, 2.75) is 11.4 Å². The van der Waals surface area contributed by atoms with E-state index in [2.05, 4.69) is 10.6 Å². The standard InChI is InChI=1S/C23H18FN3O4S/c24-21-4-2-1-3-17(21)15-7-10-18-19(11-15)20(23(29)27-22(18)28)13-26-12-14-5-8-16(9-6-14)32(25,30)31/h1-11,13,26H,12H2,(H2,25,30,31)(H,27,28,29)/b20-13-. The zero-order valence-corrected chi connectivity index (χ0v) is 17.4. The van der Waals surface area contributed by atoms with Crippen molar-refractivity contribution < 1.29 is 22.4 Å². The van der Waals surface area contributed by atoms with E-state index in [1.807, 2.05) is 0 Å². The number of rotatable bonds is 5. The predicted molar refractivity (Wildman–Crippen MR) is 117 cm³/mol. The van der Waals surface area contributed by atoms with Crippen molar-refractivity contribution in [1.82, 2.24) is 10.6 Å². The second kappa shape index (κ2) is 8.37. The molecule has 162 valence electrons. The van der Waals surface area contributed by atoms with Gasteiger partial charge in [0.15, 0.2) is 0 Å². The maximum absolute atomic E-state index is 14.2. The lowest BCUT2D eigenvalue weighted by Crippen LogP contribution is -2.37. The van der Waals surface area contributed by atoms with E-state index in [0.29, 0.717) is 22.3 Å². The van der Waals surface area contributed by atoms with E-state index in [1.165, 1.54) is 24.4 Å². The van der Waals surface area contributed by atoms with Crippen molar-refractivity contribution in [3.05, 3.63) is 95.4 Å². The van der Waals surface area contributed by atoms with E-state index in [0.717, 1.165) is 5.56 Å². The SMILES string of the molecule is NS(=O)(=O)c1ccc(CN/C=C2\C(=O)NC(=O)c3ccc(-c4ccccc4F)cc32)cc1. The van der Waals surface area contributed by atoms with Gasteiger partial charge in [0, 0.05) is 29.4 Å². The third-order valence-electron chi connectivity index (χ3n) is 5.02. The number of fused-ring (bicyclic) bond motifs is 1. The molecule has 0 aromatic heterocycles. The molecule has 0 unspecified atom stereocenters. The first-order chi connectivity index (χ1) is 15.2. The van der Waals surface area contributed by atoms with Crippen molar-refractivity contribution in [1.29, 1.82) is 0 Å². The molecule has 9 heteroatoms. The number of hydrogen-bond acceptors (Lipinski definition) is 5. The minimum Gasteiger partial charge on any atom is -0.386 e. The van der Waals surface area contributed by atoms with Gasteiger partial charge in [0.1, 0.15) is 5.82 Å². The highest BCUT2D eigenvalue weighted by atomic mass is 32.2. The second-order valence-corrected chi connectivity index (χ2v) is 8.71. The average molecular weight is 451 g/mol. The molecule has 0 radical (unpaired) electrons. The molecule has 0 aliphatic carbocycles. The summed E-state index contributed by atoms with van der Waals surface area (Å²) in [6.07, 6.45) is 1.47. The molecule has 4 rings (SSSR count). The number of amides is 2. The highest BCUT2D eigenvalue weighted by Crippen LogP contribution is 2.30. The third kappa shape index (κ3) is 4.29. The Balaban J connectivity index is 1.63. The van der Waals surface area contributed by atoms with Gasteiger partial charge in [-0.3, -0.25) is 14.9 Å². The summed E-state index contributed by atoms with van der Waals surface area (Å²) in [5.74, 6) is -1.52. The van der Waals surface area contributed by atoms with Crippen LogP contribution in [-0.4, -0.2) is 20.2 Å². The van der Waals surface area contributed by atoms with Gasteiger partial charge in [-0.25, -0.2) is 17.9 Å². The van der Waals surface area contributed by atoms with Crippen LogP contribution in [0.15, 0.2) is 77.8 Å². The lowest BCUT2D eigenvalue weighted by Gasteiger charge is -2.19. The minimum atomic E-state index is -3.78. The summed E-state index contributed by atoms with van der Waals surface area (Å²) in [6.45, 7) is 0.290. The van der Waals surface area contributed by atoms with Gasteiger partial charge in [-0.15, -0.1) is 0 Å². The Bertz CT molecular complexity index is 1370. The molecule has 1 aliphatic rings. The Morgan fingerprint density at radius 3 is 2.31 bits per heavy atom. The molecule has 0 saturated heterocycles. The summed E-state index contributed by atoms with van der Waals surface area (Å²) in [5, 5.41) is 10.4. The molecule has 2 amide bonds. The monoisotopic (exact) mass is 451 g/mol. The molecule has 7 nitrogen and oxygen atoms in total. The van der Waals surface area contributed by atoms with E-state index in [-0.39, 0.29) is 17.0 Å². The lowest BCUT2D eigenvalue weighted by atomic mass is 9.91. The van der Waals surface area contributed by atoms with Gasteiger partial charge in [-0.2, -0.15) is 0 Å². The molecular weight excluding hydrogens is 433 g/mol. The fourth-order valence-corrected chi connectivity index (χ4v) is 3.91. The molecule has 3 aromatic rings. The van der Waals surface area contributed by atoms with E-state index >= 15 is 0 Å². The number of carbonyl (C=O) groups is 2. The highest BCUT2D eigenvalue weighted by Gasteiger charge is 2.27. The van der Waals surface area contributed by atoms with Crippen LogP contribution in [0.5, 0.6) is 0 Å². The van der Waals surface area contributed by atoms with Crippen LogP contribution in [0.2, 0.25) is 0 Å². The maximum Gasteiger partial charge on any atom is 0.260 e. The Labute approximate surface area is 183 Å². The van der Waals surface area contributed by atoms with Crippen LogP contribution in [0.4, 0.5) is 4.39 Å². The second-order valence-electron chi connectivity index (χ2n) is 7.15. The number of primary sulfonamides is 1. The highest BCUT2D eigenvalue weighted by molar-refractivity contribution is 7.89. The smallest absolute Gasteiger partial charge is 0.260 e. The summed E-state index contributed by atoms with van der Waals surface area (Å²) in [4.78, 5) is 24.7. The molecule has 32 heavy (non-hydrogen) atoms.